The maximum Gasteiger partial charge on any atom is 0.332 e. The van der Waals surface area contributed by atoms with Crippen LogP contribution in [0.25, 0.3) is 0 Å². The molecule has 0 aromatic rings. The Balaban J connectivity index is 4.64. The van der Waals surface area contributed by atoms with Crippen molar-refractivity contribution in [3.8, 4) is 0 Å². The van der Waals surface area contributed by atoms with Gasteiger partial charge in [-0.2, -0.15) is 0 Å². The molecule has 0 saturated heterocycles. The average molecular weight is 205 g/mol. The Morgan fingerprint density at radius 2 is 1.77 bits per heavy atom. The van der Waals surface area contributed by atoms with E-state index >= 15 is 0 Å². The van der Waals surface area contributed by atoms with Crippen molar-refractivity contribution in [3.05, 3.63) is 23.3 Å². The lowest BCUT2D eigenvalue weighted by molar-refractivity contribution is -0.133. The molecule has 0 amide bonds. The highest BCUT2D eigenvalue weighted by atomic mass is 35.5. The van der Waals surface area contributed by atoms with Gasteiger partial charge in [0, 0.05) is 5.57 Å². The fourth-order valence-electron chi connectivity index (χ4n) is 0.470. The van der Waals surface area contributed by atoms with Crippen molar-refractivity contribution < 1.29 is 19.8 Å². The fourth-order valence-corrected chi connectivity index (χ4v) is 0.673. The molecule has 0 heterocycles. The summed E-state index contributed by atoms with van der Waals surface area (Å²) in [4.78, 5) is 20.7. The van der Waals surface area contributed by atoms with E-state index in [1.165, 1.54) is 19.1 Å². The molecule has 72 valence electrons. The van der Waals surface area contributed by atoms with Crippen LogP contribution in [0.3, 0.4) is 0 Å². The number of hydrogen-bond acceptors (Lipinski definition) is 2. The molecule has 0 aliphatic rings. The molecule has 0 unspecified atom stereocenters. The molecule has 0 aliphatic carbocycles. The maximum atomic E-state index is 10.4. The quantitative estimate of drug-likeness (QED) is 0.411. The van der Waals surface area contributed by atoms with Gasteiger partial charge in [-0.05, 0) is 6.92 Å². The summed E-state index contributed by atoms with van der Waals surface area (Å²) in [5.41, 5.74) is 0.0196. The second-order valence-corrected chi connectivity index (χ2v) is 2.55. The zero-order valence-electron chi connectivity index (χ0n) is 6.95. The zero-order valence-corrected chi connectivity index (χ0v) is 7.71. The van der Waals surface area contributed by atoms with Gasteiger partial charge >= 0.3 is 11.9 Å². The van der Waals surface area contributed by atoms with Gasteiger partial charge in [-0.1, -0.05) is 12.2 Å². The van der Waals surface area contributed by atoms with E-state index in [2.05, 4.69) is 0 Å². The molecule has 0 spiro atoms. The molecular formula is C8H9ClO4. The molecule has 0 aromatic carbocycles. The van der Waals surface area contributed by atoms with Gasteiger partial charge in [0.05, 0.1) is 11.5 Å². The lowest BCUT2D eigenvalue weighted by atomic mass is 10.2. The van der Waals surface area contributed by atoms with Crippen LogP contribution >= 0.6 is 11.6 Å². The minimum Gasteiger partial charge on any atom is -0.478 e. The normalized spacial score (nSPS) is 12.8. The van der Waals surface area contributed by atoms with Gasteiger partial charge in [-0.15, -0.1) is 11.6 Å². The molecular weight excluding hydrogens is 196 g/mol. The van der Waals surface area contributed by atoms with Gasteiger partial charge in [-0.3, -0.25) is 0 Å². The minimum atomic E-state index is -1.15. The Kier molecular flexibility index (Phi) is 4.84. The summed E-state index contributed by atoms with van der Waals surface area (Å²) >= 11 is 5.30. The Bertz CT molecular complexity index is 278. The fraction of sp³-hybridized carbons (Fsp3) is 0.250. The average Bonchev–Trinajstić information content (AvgIpc) is 2.04. The van der Waals surface area contributed by atoms with Crippen molar-refractivity contribution in [2.24, 2.45) is 0 Å². The SMILES string of the molecule is CC(=CC=C(CCl)C(=O)O)C(=O)O. The largest absolute Gasteiger partial charge is 0.478 e. The Morgan fingerprint density at radius 1 is 1.23 bits per heavy atom. The first-order valence-electron chi connectivity index (χ1n) is 3.39. The van der Waals surface area contributed by atoms with Crippen LogP contribution in [-0.2, 0) is 9.59 Å². The first-order valence-corrected chi connectivity index (χ1v) is 3.92. The third-order valence-corrected chi connectivity index (χ3v) is 1.58. The van der Waals surface area contributed by atoms with Crippen LogP contribution in [-0.4, -0.2) is 28.0 Å². The number of carboxylic acids is 2. The number of rotatable bonds is 4. The molecule has 0 atom stereocenters. The van der Waals surface area contributed by atoms with E-state index in [1.54, 1.807) is 0 Å². The second-order valence-electron chi connectivity index (χ2n) is 2.29. The van der Waals surface area contributed by atoms with Crippen LogP contribution in [0.4, 0.5) is 0 Å². The van der Waals surface area contributed by atoms with E-state index in [0.717, 1.165) is 0 Å². The Morgan fingerprint density at radius 3 is 2.08 bits per heavy atom. The number of carbonyl (C=O) groups is 2. The molecule has 0 aliphatic heterocycles. The summed E-state index contributed by atoms with van der Waals surface area (Å²) < 4.78 is 0. The molecule has 0 radical (unpaired) electrons. The van der Waals surface area contributed by atoms with Crippen LogP contribution in [0, 0.1) is 0 Å². The molecule has 0 bridgehead atoms. The van der Waals surface area contributed by atoms with Crippen LogP contribution < -0.4 is 0 Å². The topological polar surface area (TPSA) is 74.6 Å². The number of hydrogen-bond donors (Lipinski definition) is 2. The first kappa shape index (κ1) is 11.7. The lowest BCUT2D eigenvalue weighted by Crippen LogP contribution is -2.01. The molecule has 0 aromatic heterocycles. The van der Waals surface area contributed by atoms with Crippen LogP contribution in [0.1, 0.15) is 6.92 Å². The maximum absolute atomic E-state index is 10.4. The highest BCUT2D eigenvalue weighted by Gasteiger charge is 2.04. The predicted octanol–water partition coefficient (Wildman–Crippen LogP) is 1.27. The molecule has 5 heteroatoms. The lowest BCUT2D eigenvalue weighted by Gasteiger charge is -1.93. The summed E-state index contributed by atoms with van der Waals surface area (Å²) in [5, 5.41) is 16.9. The van der Waals surface area contributed by atoms with E-state index in [4.69, 9.17) is 21.8 Å². The molecule has 13 heavy (non-hydrogen) atoms. The van der Waals surface area contributed by atoms with Gasteiger partial charge in [0.2, 0.25) is 0 Å². The van der Waals surface area contributed by atoms with Crippen molar-refractivity contribution in [1.29, 1.82) is 0 Å². The second kappa shape index (κ2) is 5.37. The summed E-state index contributed by atoms with van der Waals surface area (Å²) in [6.45, 7) is 1.37. The van der Waals surface area contributed by atoms with Gasteiger partial charge in [0.15, 0.2) is 0 Å². The first-order chi connectivity index (χ1) is 5.99. The van der Waals surface area contributed by atoms with Crippen molar-refractivity contribution >= 4 is 23.5 Å². The highest BCUT2D eigenvalue weighted by Crippen LogP contribution is 2.01. The number of alkyl halides is 1. The summed E-state index contributed by atoms with van der Waals surface area (Å²) in [5.74, 6) is -2.39. The van der Waals surface area contributed by atoms with Crippen LogP contribution in [0.2, 0.25) is 0 Å². The van der Waals surface area contributed by atoms with Gasteiger partial charge in [0.1, 0.15) is 0 Å². The molecule has 0 saturated carbocycles. The smallest absolute Gasteiger partial charge is 0.332 e. The van der Waals surface area contributed by atoms with E-state index in [9.17, 15) is 9.59 Å². The van der Waals surface area contributed by atoms with Crippen molar-refractivity contribution in [3.63, 3.8) is 0 Å². The number of allylic oxidation sites excluding steroid dienone is 2. The van der Waals surface area contributed by atoms with E-state index in [-0.39, 0.29) is 17.0 Å². The summed E-state index contributed by atoms with van der Waals surface area (Å²) in [7, 11) is 0. The Labute approximate surface area is 80.1 Å². The number of carboxylic acid groups (broad SMARTS) is 2. The van der Waals surface area contributed by atoms with Crippen molar-refractivity contribution in [1.82, 2.24) is 0 Å². The summed E-state index contributed by atoms with van der Waals surface area (Å²) in [6.07, 6.45) is 2.38. The van der Waals surface area contributed by atoms with Gasteiger partial charge in [-0.25, -0.2) is 9.59 Å². The molecule has 0 fully saturated rings. The number of halogens is 1. The van der Waals surface area contributed by atoms with Crippen molar-refractivity contribution in [2.75, 3.05) is 5.88 Å². The monoisotopic (exact) mass is 204 g/mol. The summed E-state index contributed by atoms with van der Waals surface area (Å²) in [6, 6.07) is 0. The molecule has 2 N–H and O–H groups in total. The Hall–Kier alpha value is -1.29. The van der Waals surface area contributed by atoms with E-state index in [1.807, 2.05) is 0 Å². The highest BCUT2D eigenvalue weighted by molar-refractivity contribution is 6.22. The molecule has 4 nitrogen and oxygen atoms in total. The van der Waals surface area contributed by atoms with Gasteiger partial charge in [0.25, 0.3) is 0 Å². The molecule has 0 rings (SSSR count). The van der Waals surface area contributed by atoms with Gasteiger partial charge < -0.3 is 10.2 Å². The van der Waals surface area contributed by atoms with Crippen LogP contribution in [0.5, 0.6) is 0 Å². The van der Waals surface area contributed by atoms with E-state index in [0.29, 0.717) is 0 Å². The van der Waals surface area contributed by atoms with E-state index < -0.39 is 11.9 Å². The third kappa shape index (κ3) is 4.32. The third-order valence-electron chi connectivity index (χ3n) is 1.29. The van der Waals surface area contributed by atoms with Crippen LogP contribution in [0.15, 0.2) is 23.3 Å². The minimum absolute atomic E-state index is 0.0396. The number of aliphatic carboxylic acids is 2. The predicted molar refractivity (Wildman–Crippen MR) is 47.8 cm³/mol. The zero-order chi connectivity index (χ0) is 10.4. The van der Waals surface area contributed by atoms with Crippen molar-refractivity contribution in [2.45, 2.75) is 6.92 Å². The standard InChI is InChI=1S/C8H9ClO4/c1-5(7(10)11)2-3-6(4-9)8(12)13/h2-3H,4H2,1H3,(H,10,11)(H,12,13).